The van der Waals surface area contributed by atoms with E-state index in [4.69, 9.17) is 14.2 Å². The van der Waals surface area contributed by atoms with Crippen molar-refractivity contribution < 1.29 is 27.4 Å². The number of sulfonamides is 1. The Labute approximate surface area is 249 Å². The van der Waals surface area contributed by atoms with Crippen molar-refractivity contribution in [3.63, 3.8) is 0 Å². The van der Waals surface area contributed by atoms with Crippen LogP contribution < -0.4 is 18.5 Å². The number of rotatable bonds is 9. The van der Waals surface area contributed by atoms with Crippen LogP contribution in [0.2, 0.25) is 0 Å². The van der Waals surface area contributed by atoms with Crippen LogP contribution in [0.15, 0.2) is 66.7 Å². The largest absolute Gasteiger partial charge is 0.493 e. The number of benzene rings is 3. The predicted octanol–water partition coefficient (Wildman–Crippen LogP) is 4.35. The maximum absolute atomic E-state index is 13.8. The lowest BCUT2D eigenvalue weighted by Crippen LogP contribution is -2.38. The average molecular weight is 596 g/mol. The normalized spacial score (nSPS) is 15.0. The van der Waals surface area contributed by atoms with Crippen LogP contribution in [-0.4, -0.2) is 77.9 Å². The van der Waals surface area contributed by atoms with E-state index in [0.717, 1.165) is 17.7 Å². The fraction of sp³-hybridized carbons (Fsp3) is 0.406. The van der Waals surface area contributed by atoms with Gasteiger partial charge < -0.3 is 19.1 Å². The molecule has 0 fully saturated rings. The molecule has 0 aliphatic carbocycles. The minimum absolute atomic E-state index is 0.0218. The van der Waals surface area contributed by atoms with Crippen molar-refractivity contribution in [3.05, 3.63) is 83.4 Å². The Bertz CT molecular complexity index is 1450. The number of para-hydroxylation sites is 1. The molecule has 0 aromatic heterocycles. The molecule has 1 amide bonds. The van der Waals surface area contributed by atoms with Gasteiger partial charge in [0.1, 0.15) is 0 Å². The number of anilines is 1. The summed E-state index contributed by atoms with van der Waals surface area (Å²) in [7, 11) is 1.17. The molecule has 1 aliphatic heterocycles. The molecule has 0 bridgehead atoms. The van der Waals surface area contributed by atoms with Crippen molar-refractivity contribution in [1.29, 1.82) is 0 Å². The summed E-state index contributed by atoms with van der Waals surface area (Å²) >= 11 is 0. The standard InChI is InChI=1S/C32H41N3O6S/c1-39-29-17-15-26(31(40-2)32(29)41-3)16-18-30(36)34-22-21-33(23-25-11-6-5-7-12-25)19-10-20-35(42(4,37)38)28-14-9-8-13-27(28)24-34/h5-9,11-15,17H,10,16,18-24H2,1-4H3. The van der Waals surface area contributed by atoms with Crippen molar-refractivity contribution in [2.45, 2.75) is 32.4 Å². The van der Waals surface area contributed by atoms with Crippen LogP contribution in [-0.2, 0) is 34.3 Å². The predicted molar refractivity (Wildman–Crippen MR) is 165 cm³/mol. The minimum atomic E-state index is -3.52. The summed E-state index contributed by atoms with van der Waals surface area (Å²) in [5.74, 6) is 1.57. The monoisotopic (exact) mass is 595 g/mol. The second-order valence-electron chi connectivity index (χ2n) is 10.4. The third-order valence-electron chi connectivity index (χ3n) is 7.54. The summed E-state index contributed by atoms with van der Waals surface area (Å²) in [5.41, 5.74) is 3.44. The number of aryl methyl sites for hydroxylation is 1. The Morgan fingerprint density at radius 1 is 0.810 bits per heavy atom. The van der Waals surface area contributed by atoms with Crippen LogP contribution in [0.1, 0.15) is 29.5 Å². The molecular weight excluding hydrogens is 554 g/mol. The molecule has 1 aliphatic rings. The zero-order valence-corrected chi connectivity index (χ0v) is 25.7. The molecular formula is C32H41N3O6S. The van der Waals surface area contributed by atoms with Crippen molar-refractivity contribution in [2.24, 2.45) is 0 Å². The summed E-state index contributed by atoms with van der Waals surface area (Å²) in [4.78, 5) is 18.0. The number of amides is 1. The number of nitrogens with zero attached hydrogens (tertiary/aromatic N) is 3. The number of hydrogen-bond acceptors (Lipinski definition) is 7. The van der Waals surface area contributed by atoms with Crippen LogP contribution in [0.3, 0.4) is 0 Å². The van der Waals surface area contributed by atoms with E-state index in [-0.39, 0.29) is 12.3 Å². The van der Waals surface area contributed by atoms with Crippen LogP contribution in [0.5, 0.6) is 17.2 Å². The third-order valence-corrected chi connectivity index (χ3v) is 8.72. The van der Waals surface area contributed by atoms with Gasteiger partial charge in [-0.2, -0.15) is 0 Å². The zero-order chi connectivity index (χ0) is 30.1. The molecule has 0 spiro atoms. The number of hydrogen-bond donors (Lipinski definition) is 0. The van der Waals surface area contributed by atoms with Gasteiger partial charge in [-0.05, 0) is 41.7 Å². The van der Waals surface area contributed by atoms with E-state index in [0.29, 0.717) is 68.5 Å². The van der Waals surface area contributed by atoms with Gasteiger partial charge in [-0.25, -0.2) is 8.42 Å². The Morgan fingerprint density at radius 2 is 1.52 bits per heavy atom. The highest BCUT2D eigenvalue weighted by molar-refractivity contribution is 7.92. The lowest BCUT2D eigenvalue weighted by Gasteiger charge is -2.28. The molecule has 4 rings (SSSR count). The lowest BCUT2D eigenvalue weighted by atomic mass is 10.1. The van der Waals surface area contributed by atoms with E-state index in [1.165, 1.54) is 16.1 Å². The quantitative estimate of drug-likeness (QED) is 0.364. The van der Waals surface area contributed by atoms with E-state index in [1.54, 1.807) is 21.3 Å². The fourth-order valence-corrected chi connectivity index (χ4v) is 6.42. The van der Waals surface area contributed by atoms with Crippen molar-refractivity contribution in [1.82, 2.24) is 9.80 Å². The smallest absolute Gasteiger partial charge is 0.232 e. The summed E-state index contributed by atoms with van der Waals surface area (Å²) in [6.07, 6.45) is 2.61. The number of methoxy groups -OCH3 is 3. The highest BCUT2D eigenvalue weighted by Gasteiger charge is 2.25. The highest BCUT2D eigenvalue weighted by atomic mass is 32.2. The molecule has 0 atom stereocenters. The van der Waals surface area contributed by atoms with Gasteiger partial charge in [0.2, 0.25) is 21.7 Å². The van der Waals surface area contributed by atoms with Crippen LogP contribution in [0, 0.1) is 0 Å². The molecule has 10 heteroatoms. The second-order valence-corrected chi connectivity index (χ2v) is 12.3. The van der Waals surface area contributed by atoms with E-state index < -0.39 is 10.0 Å². The molecule has 3 aromatic rings. The van der Waals surface area contributed by atoms with E-state index in [2.05, 4.69) is 17.0 Å². The van der Waals surface area contributed by atoms with Crippen molar-refractivity contribution in [2.75, 3.05) is 58.1 Å². The summed E-state index contributed by atoms with van der Waals surface area (Å²) in [6, 6.07) is 21.4. The minimum Gasteiger partial charge on any atom is -0.493 e. The Hall–Kier alpha value is -3.76. The summed E-state index contributed by atoms with van der Waals surface area (Å²) < 4.78 is 43.8. The van der Waals surface area contributed by atoms with Crippen LogP contribution in [0.25, 0.3) is 0 Å². The van der Waals surface area contributed by atoms with E-state index >= 15 is 0 Å². The van der Waals surface area contributed by atoms with Gasteiger partial charge in [-0.15, -0.1) is 0 Å². The highest BCUT2D eigenvalue weighted by Crippen LogP contribution is 2.40. The maximum Gasteiger partial charge on any atom is 0.232 e. The second kappa shape index (κ2) is 14.4. The molecule has 0 N–H and O–H groups in total. The molecule has 226 valence electrons. The SMILES string of the molecule is COc1ccc(CCC(=O)N2CCN(Cc3ccccc3)CCCN(S(C)(=O)=O)c3ccccc3C2)c(OC)c1OC. The zero-order valence-electron chi connectivity index (χ0n) is 24.9. The van der Waals surface area contributed by atoms with Gasteiger partial charge in [-0.3, -0.25) is 14.0 Å². The average Bonchev–Trinajstić information content (AvgIpc) is 3.02. The molecule has 0 unspecified atom stereocenters. The molecule has 0 saturated carbocycles. The van der Waals surface area contributed by atoms with Gasteiger partial charge in [0.25, 0.3) is 0 Å². The lowest BCUT2D eigenvalue weighted by molar-refractivity contribution is -0.132. The fourth-order valence-electron chi connectivity index (χ4n) is 5.42. The first kappa shape index (κ1) is 31.2. The first-order valence-corrected chi connectivity index (χ1v) is 16.0. The Morgan fingerprint density at radius 3 is 2.21 bits per heavy atom. The Kier molecular flexibility index (Phi) is 10.7. The molecule has 3 aromatic carbocycles. The topological polar surface area (TPSA) is 88.6 Å². The van der Waals surface area contributed by atoms with E-state index in [1.807, 2.05) is 59.5 Å². The van der Waals surface area contributed by atoms with E-state index in [9.17, 15) is 13.2 Å². The van der Waals surface area contributed by atoms with Gasteiger partial charge >= 0.3 is 0 Å². The summed E-state index contributed by atoms with van der Waals surface area (Å²) in [6.45, 7) is 3.28. The van der Waals surface area contributed by atoms with Crippen LogP contribution >= 0.6 is 0 Å². The van der Waals surface area contributed by atoms with Crippen molar-refractivity contribution in [3.8, 4) is 17.2 Å². The molecule has 0 saturated heterocycles. The number of fused-ring (bicyclic) bond motifs is 1. The number of carbonyl (C=O) groups excluding carboxylic acids is 1. The van der Waals surface area contributed by atoms with Gasteiger partial charge in [0.15, 0.2) is 11.5 Å². The maximum atomic E-state index is 13.8. The molecule has 0 radical (unpaired) electrons. The third kappa shape index (κ3) is 7.74. The Balaban J connectivity index is 1.62. The van der Waals surface area contributed by atoms with Gasteiger partial charge in [-0.1, -0.05) is 54.6 Å². The molecule has 9 nitrogen and oxygen atoms in total. The van der Waals surface area contributed by atoms with Gasteiger partial charge in [0.05, 0.1) is 33.3 Å². The van der Waals surface area contributed by atoms with Crippen LogP contribution in [0.4, 0.5) is 5.69 Å². The van der Waals surface area contributed by atoms with Crippen molar-refractivity contribution >= 4 is 21.6 Å². The van der Waals surface area contributed by atoms with Gasteiger partial charge in [0, 0.05) is 45.7 Å². The summed E-state index contributed by atoms with van der Waals surface area (Å²) in [5, 5.41) is 0. The molecule has 1 heterocycles. The first-order valence-electron chi connectivity index (χ1n) is 14.1. The number of carbonyl (C=O) groups is 1. The number of ether oxygens (including phenoxy) is 3. The molecule has 42 heavy (non-hydrogen) atoms. The first-order chi connectivity index (χ1) is 20.2.